The van der Waals surface area contributed by atoms with Crippen molar-refractivity contribution in [3.8, 4) is 0 Å². The van der Waals surface area contributed by atoms with Gasteiger partial charge in [0.1, 0.15) is 0 Å². The first-order valence-electron chi connectivity index (χ1n) is 3.70. The third-order valence-corrected chi connectivity index (χ3v) is 1.66. The maximum absolute atomic E-state index is 2.34. The summed E-state index contributed by atoms with van der Waals surface area (Å²) in [6.45, 7) is 4.28. The Morgan fingerprint density at radius 1 is 1.67 bits per heavy atom. The Hall–Kier alpha value is -0.520. The Labute approximate surface area is 57.3 Å². The lowest BCUT2D eigenvalue weighted by atomic mass is 10.3. The van der Waals surface area contributed by atoms with Crippen molar-refractivity contribution < 1.29 is 0 Å². The summed E-state index contributed by atoms with van der Waals surface area (Å²) in [6.07, 6.45) is 9.27. The lowest BCUT2D eigenvalue weighted by Gasteiger charge is -1.76. The monoisotopic (exact) mass is 122 g/mol. The van der Waals surface area contributed by atoms with Crippen LogP contribution in [0.1, 0.15) is 26.7 Å². The van der Waals surface area contributed by atoms with E-state index in [4.69, 9.17) is 0 Å². The lowest BCUT2D eigenvalue weighted by Crippen LogP contribution is -1.60. The Morgan fingerprint density at radius 2 is 2.44 bits per heavy atom. The first-order chi connectivity index (χ1) is 4.38. The molecule has 0 heterocycles. The molecule has 1 saturated carbocycles. The van der Waals surface area contributed by atoms with Gasteiger partial charge >= 0.3 is 0 Å². The minimum absolute atomic E-state index is 0.815. The van der Waals surface area contributed by atoms with E-state index in [1.165, 1.54) is 12.8 Å². The van der Waals surface area contributed by atoms with E-state index in [-0.39, 0.29) is 0 Å². The lowest BCUT2D eigenvalue weighted by molar-refractivity contribution is 1.14. The molecule has 1 aliphatic rings. The highest BCUT2D eigenvalue weighted by Crippen LogP contribution is 2.38. The van der Waals surface area contributed by atoms with E-state index in [1.807, 2.05) is 0 Å². The Bertz CT molecular complexity index is 140. The van der Waals surface area contributed by atoms with Gasteiger partial charge in [0.25, 0.3) is 0 Å². The smallest absolute Gasteiger partial charge is 0.00143 e. The maximum atomic E-state index is 2.34. The molecule has 0 aromatic carbocycles. The zero-order valence-corrected chi connectivity index (χ0v) is 6.22. The van der Waals surface area contributed by atoms with Crippen molar-refractivity contribution >= 4 is 0 Å². The van der Waals surface area contributed by atoms with E-state index in [0.717, 1.165) is 5.92 Å². The van der Waals surface area contributed by atoms with Crippen molar-refractivity contribution in [3.63, 3.8) is 0 Å². The quantitative estimate of drug-likeness (QED) is 0.494. The van der Waals surface area contributed by atoms with Crippen molar-refractivity contribution in [2.24, 2.45) is 5.92 Å². The molecular formula is C9H14. The molecule has 0 nitrogen and oxygen atoms in total. The molecular weight excluding hydrogens is 108 g/mol. The molecule has 1 fully saturated rings. The molecule has 1 atom stereocenters. The van der Waals surface area contributed by atoms with Gasteiger partial charge in [0.05, 0.1) is 0 Å². The van der Waals surface area contributed by atoms with Crippen LogP contribution in [-0.4, -0.2) is 0 Å². The largest absolute Gasteiger partial charge is 0.0910 e. The van der Waals surface area contributed by atoms with Crippen molar-refractivity contribution in [1.29, 1.82) is 0 Å². The average Bonchev–Trinajstić information content (AvgIpc) is 2.50. The van der Waals surface area contributed by atoms with E-state index in [2.05, 4.69) is 32.1 Å². The second-order valence-electron chi connectivity index (χ2n) is 2.52. The predicted octanol–water partition coefficient (Wildman–Crippen LogP) is 2.92. The number of hydrogen-bond acceptors (Lipinski definition) is 0. The fraction of sp³-hybridized carbons (Fsp3) is 0.556. The van der Waals surface area contributed by atoms with Gasteiger partial charge in [0, 0.05) is 5.92 Å². The molecule has 0 radical (unpaired) electrons. The molecule has 0 saturated heterocycles. The van der Waals surface area contributed by atoms with Crippen molar-refractivity contribution in [1.82, 2.24) is 0 Å². The van der Waals surface area contributed by atoms with Gasteiger partial charge in [-0.05, 0) is 19.8 Å². The summed E-state index contributed by atoms with van der Waals surface area (Å²) >= 11 is 0. The van der Waals surface area contributed by atoms with Crippen LogP contribution in [0.3, 0.4) is 0 Å². The predicted molar refractivity (Wildman–Crippen MR) is 41.3 cm³/mol. The number of allylic oxidation sites excluding steroid dienone is 4. The van der Waals surface area contributed by atoms with Crippen LogP contribution in [-0.2, 0) is 0 Å². The molecule has 0 aliphatic heterocycles. The third kappa shape index (κ3) is 1.70. The molecule has 0 aromatic rings. The van der Waals surface area contributed by atoms with Crippen LogP contribution in [0.5, 0.6) is 0 Å². The highest BCUT2D eigenvalue weighted by atomic mass is 14.3. The summed E-state index contributed by atoms with van der Waals surface area (Å²) in [7, 11) is 0. The van der Waals surface area contributed by atoms with Gasteiger partial charge in [0.2, 0.25) is 0 Å². The van der Waals surface area contributed by atoms with Gasteiger partial charge in [-0.25, -0.2) is 0 Å². The molecule has 50 valence electrons. The second-order valence-corrected chi connectivity index (χ2v) is 2.52. The second kappa shape index (κ2) is 2.86. The van der Waals surface area contributed by atoms with Crippen LogP contribution in [0.4, 0.5) is 0 Å². The summed E-state index contributed by atoms with van der Waals surface area (Å²) in [4.78, 5) is 0. The fourth-order valence-electron chi connectivity index (χ4n) is 1.12. The molecule has 1 rings (SSSR count). The summed E-state index contributed by atoms with van der Waals surface area (Å²) in [5.41, 5.74) is 1.63. The van der Waals surface area contributed by atoms with E-state index in [0.29, 0.717) is 0 Å². The van der Waals surface area contributed by atoms with Crippen LogP contribution in [0.15, 0.2) is 23.8 Å². The summed E-state index contributed by atoms with van der Waals surface area (Å²) in [6, 6.07) is 0. The standard InChI is InChI=1S/C9H14/c1-3-5-8-7-9(8)6-4-2/h3,5-6,8H,4,7H2,1-2H3. The molecule has 0 aromatic heterocycles. The Kier molecular flexibility index (Phi) is 2.10. The Balaban J connectivity index is 2.32. The normalized spacial score (nSPS) is 30.0. The van der Waals surface area contributed by atoms with E-state index >= 15 is 0 Å². The van der Waals surface area contributed by atoms with E-state index < -0.39 is 0 Å². The highest BCUT2D eigenvalue weighted by molar-refractivity contribution is 5.28. The van der Waals surface area contributed by atoms with Crippen molar-refractivity contribution in [3.05, 3.63) is 23.8 Å². The molecule has 1 aliphatic carbocycles. The van der Waals surface area contributed by atoms with Crippen LogP contribution < -0.4 is 0 Å². The first kappa shape index (κ1) is 6.60. The minimum atomic E-state index is 0.815. The summed E-state index contributed by atoms with van der Waals surface area (Å²) in [5.74, 6) is 0.815. The van der Waals surface area contributed by atoms with Gasteiger partial charge in [-0.3, -0.25) is 0 Å². The minimum Gasteiger partial charge on any atom is -0.0910 e. The van der Waals surface area contributed by atoms with Crippen LogP contribution in [0.2, 0.25) is 0 Å². The number of hydrogen-bond donors (Lipinski definition) is 0. The van der Waals surface area contributed by atoms with Gasteiger partial charge in [-0.15, -0.1) is 0 Å². The maximum Gasteiger partial charge on any atom is 0.00143 e. The first-order valence-corrected chi connectivity index (χ1v) is 3.70. The summed E-state index contributed by atoms with van der Waals surface area (Å²) in [5, 5.41) is 0. The van der Waals surface area contributed by atoms with Crippen LogP contribution >= 0.6 is 0 Å². The molecule has 9 heavy (non-hydrogen) atoms. The van der Waals surface area contributed by atoms with Crippen LogP contribution in [0, 0.1) is 5.92 Å². The third-order valence-electron chi connectivity index (χ3n) is 1.66. The van der Waals surface area contributed by atoms with E-state index in [9.17, 15) is 0 Å². The van der Waals surface area contributed by atoms with Gasteiger partial charge in [-0.1, -0.05) is 30.7 Å². The number of rotatable bonds is 2. The van der Waals surface area contributed by atoms with Gasteiger partial charge in [-0.2, -0.15) is 0 Å². The van der Waals surface area contributed by atoms with Gasteiger partial charge in [0.15, 0.2) is 0 Å². The molecule has 0 amide bonds. The average molecular weight is 122 g/mol. The molecule has 0 heteroatoms. The molecule has 0 bridgehead atoms. The van der Waals surface area contributed by atoms with Crippen LogP contribution in [0.25, 0.3) is 0 Å². The van der Waals surface area contributed by atoms with Crippen molar-refractivity contribution in [2.75, 3.05) is 0 Å². The zero-order chi connectivity index (χ0) is 6.69. The topological polar surface area (TPSA) is 0 Å². The van der Waals surface area contributed by atoms with E-state index in [1.54, 1.807) is 5.57 Å². The summed E-state index contributed by atoms with van der Waals surface area (Å²) < 4.78 is 0. The highest BCUT2D eigenvalue weighted by Gasteiger charge is 2.24. The molecule has 0 N–H and O–H groups in total. The SMILES string of the molecule is CC=CC1CC1=CCC. The molecule has 1 unspecified atom stereocenters. The molecule has 0 spiro atoms. The van der Waals surface area contributed by atoms with Gasteiger partial charge < -0.3 is 0 Å². The van der Waals surface area contributed by atoms with Crippen molar-refractivity contribution in [2.45, 2.75) is 26.7 Å². The fourth-order valence-corrected chi connectivity index (χ4v) is 1.12. The zero-order valence-electron chi connectivity index (χ0n) is 6.22. The Morgan fingerprint density at radius 3 is 3.00 bits per heavy atom.